The maximum atomic E-state index is 11.1. The van der Waals surface area contributed by atoms with Gasteiger partial charge in [0.15, 0.2) is 0 Å². The summed E-state index contributed by atoms with van der Waals surface area (Å²) in [6, 6.07) is 6.44. The molecule has 1 aliphatic heterocycles. The van der Waals surface area contributed by atoms with Gasteiger partial charge in [0.25, 0.3) is 0 Å². The van der Waals surface area contributed by atoms with Gasteiger partial charge in [0, 0.05) is 17.1 Å². The van der Waals surface area contributed by atoms with E-state index in [0.717, 1.165) is 24.0 Å². The molecule has 0 amide bonds. The third-order valence-corrected chi connectivity index (χ3v) is 4.68. The summed E-state index contributed by atoms with van der Waals surface area (Å²) >= 11 is 3.53. The molecule has 0 bridgehead atoms. The molecule has 4 heteroatoms. The smallest absolute Gasteiger partial charge is 0.308 e. The Hall–Kier alpha value is -0.870. The van der Waals surface area contributed by atoms with Gasteiger partial charge in [-0.05, 0) is 44.0 Å². The van der Waals surface area contributed by atoms with E-state index in [0.29, 0.717) is 0 Å². The largest absolute Gasteiger partial charge is 0.481 e. The fourth-order valence-electron chi connectivity index (χ4n) is 2.53. The summed E-state index contributed by atoms with van der Waals surface area (Å²) in [6.07, 6.45) is 0.754. The van der Waals surface area contributed by atoms with Gasteiger partial charge < -0.3 is 5.11 Å². The number of benzene rings is 1. The zero-order chi connectivity index (χ0) is 13.3. The first kappa shape index (κ1) is 13.6. The second-order valence-corrected chi connectivity index (χ2v) is 5.88. The molecule has 98 valence electrons. The van der Waals surface area contributed by atoms with Gasteiger partial charge in [-0.25, -0.2) is 0 Å². The summed E-state index contributed by atoms with van der Waals surface area (Å²) in [5.41, 5.74) is 2.45. The molecule has 0 saturated carbocycles. The van der Waals surface area contributed by atoms with Crippen LogP contribution in [0.4, 0.5) is 0 Å². The maximum absolute atomic E-state index is 11.1. The molecular formula is C14H18BrNO2. The van der Waals surface area contributed by atoms with E-state index in [9.17, 15) is 4.79 Å². The molecule has 3 nitrogen and oxygen atoms in total. The first-order chi connectivity index (χ1) is 8.49. The number of likely N-dealkylation sites (tertiary alicyclic amines) is 1. The maximum Gasteiger partial charge on any atom is 0.308 e. The molecule has 2 unspecified atom stereocenters. The summed E-state index contributed by atoms with van der Waals surface area (Å²) < 4.78 is 1.11. The molecule has 1 aliphatic rings. The zero-order valence-electron chi connectivity index (χ0n) is 10.7. The van der Waals surface area contributed by atoms with Crippen LogP contribution in [0.2, 0.25) is 0 Å². The van der Waals surface area contributed by atoms with Crippen molar-refractivity contribution in [3.8, 4) is 0 Å². The van der Waals surface area contributed by atoms with E-state index in [1.807, 2.05) is 6.92 Å². The Balaban J connectivity index is 2.06. The predicted molar refractivity (Wildman–Crippen MR) is 74.5 cm³/mol. The molecule has 1 heterocycles. The van der Waals surface area contributed by atoms with Crippen molar-refractivity contribution in [1.29, 1.82) is 0 Å². The Morgan fingerprint density at radius 3 is 2.83 bits per heavy atom. The van der Waals surface area contributed by atoms with E-state index in [1.54, 1.807) is 0 Å². The first-order valence-corrected chi connectivity index (χ1v) is 7.00. The van der Waals surface area contributed by atoms with Gasteiger partial charge in [0.2, 0.25) is 0 Å². The number of halogens is 1. The van der Waals surface area contributed by atoms with Crippen molar-refractivity contribution in [3.05, 3.63) is 33.8 Å². The second-order valence-electron chi connectivity index (χ2n) is 5.03. The van der Waals surface area contributed by atoms with Gasteiger partial charge in [0.05, 0.1) is 5.92 Å². The number of aryl methyl sites for hydroxylation is 1. The predicted octanol–water partition coefficient (Wildman–Crippen LogP) is 3.05. The topological polar surface area (TPSA) is 40.5 Å². The summed E-state index contributed by atoms with van der Waals surface area (Å²) in [5.74, 6) is -0.894. The van der Waals surface area contributed by atoms with Crippen LogP contribution in [0, 0.1) is 12.8 Å². The number of rotatable bonds is 3. The monoisotopic (exact) mass is 311 g/mol. The summed E-state index contributed by atoms with van der Waals surface area (Å²) in [6.45, 7) is 5.76. The molecule has 1 aromatic rings. The Morgan fingerprint density at radius 2 is 2.28 bits per heavy atom. The summed E-state index contributed by atoms with van der Waals surface area (Å²) in [5, 5.41) is 9.11. The molecule has 1 saturated heterocycles. The molecule has 0 spiro atoms. The third-order valence-electron chi connectivity index (χ3n) is 3.82. The summed E-state index contributed by atoms with van der Waals surface area (Å²) in [4.78, 5) is 13.3. The number of carbonyl (C=O) groups is 1. The Bertz CT molecular complexity index is 461. The number of carboxylic acid groups (broad SMARTS) is 1. The first-order valence-electron chi connectivity index (χ1n) is 6.21. The zero-order valence-corrected chi connectivity index (χ0v) is 12.3. The summed E-state index contributed by atoms with van der Waals surface area (Å²) in [7, 11) is 0. The van der Waals surface area contributed by atoms with Gasteiger partial charge in [-0.3, -0.25) is 9.69 Å². The highest BCUT2D eigenvalue weighted by atomic mass is 79.9. The molecule has 18 heavy (non-hydrogen) atoms. The van der Waals surface area contributed by atoms with Gasteiger partial charge >= 0.3 is 5.97 Å². The standard InChI is InChI=1S/C14H18BrNO2/c1-9-3-4-11(7-13(9)15)8-16-6-5-12(10(16)2)14(17)18/h3-4,7,10,12H,5-6,8H2,1-2H3,(H,17,18). The van der Waals surface area contributed by atoms with E-state index in [4.69, 9.17) is 5.11 Å². The van der Waals surface area contributed by atoms with Crippen LogP contribution in [0.25, 0.3) is 0 Å². The quantitative estimate of drug-likeness (QED) is 0.932. The minimum absolute atomic E-state index is 0.113. The van der Waals surface area contributed by atoms with Crippen LogP contribution in [0.1, 0.15) is 24.5 Å². The van der Waals surface area contributed by atoms with Crippen molar-refractivity contribution in [2.75, 3.05) is 6.54 Å². The Kier molecular flexibility index (Phi) is 4.07. The van der Waals surface area contributed by atoms with Crippen molar-refractivity contribution in [2.45, 2.75) is 32.9 Å². The molecule has 0 aliphatic carbocycles. The lowest BCUT2D eigenvalue weighted by Gasteiger charge is -2.23. The fourth-order valence-corrected chi connectivity index (χ4v) is 2.95. The van der Waals surface area contributed by atoms with Crippen molar-refractivity contribution in [3.63, 3.8) is 0 Å². The van der Waals surface area contributed by atoms with Crippen molar-refractivity contribution >= 4 is 21.9 Å². The molecular weight excluding hydrogens is 294 g/mol. The van der Waals surface area contributed by atoms with Gasteiger partial charge in [-0.15, -0.1) is 0 Å². The van der Waals surface area contributed by atoms with Crippen LogP contribution in [-0.4, -0.2) is 28.6 Å². The Morgan fingerprint density at radius 1 is 1.56 bits per heavy atom. The molecule has 1 N–H and O–H groups in total. The van der Waals surface area contributed by atoms with E-state index in [-0.39, 0.29) is 12.0 Å². The molecule has 1 aromatic carbocycles. The van der Waals surface area contributed by atoms with Crippen LogP contribution >= 0.6 is 15.9 Å². The van der Waals surface area contributed by atoms with Crippen LogP contribution in [-0.2, 0) is 11.3 Å². The molecule has 0 radical (unpaired) electrons. The lowest BCUT2D eigenvalue weighted by atomic mass is 10.0. The molecule has 0 aromatic heterocycles. The van der Waals surface area contributed by atoms with Crippen LogP contribution < -0.4 is 0 Å². The fraction of sp³-hybridized carbons (Fsp3) is 0.500. The lowest BCUT2D eigenvalue weighted by molar-refractivity contribution is -0.142. The van der Waals surface area contributed by atoms with Gasteiger partial charge in [0.1, 0.15) is 0 Å². The van der Waals surface area contributed by atoms with E-state index in [2.05, 4.69) is 46.0 Å². The number of hydrogen-bond acceptors (Lipinski definition) is 2. The minimum atomic E-state index is -0.671. The Labute approximate surface area is 116 Å². The van der Waals surface area contributed by atoms with Gasteiger partial charge in [-0.1, -0.05) is 28.1 Å². The van der Waals surface area contributed by atoms with Crippen molar-refractivity contribution in [2.24, 2.45) is 5.92 Å². The van der Waals surface area contributed by atoms with Crippen LogP contribution in [0.15, 0.2) is 22.7 Å². The lowest BCUT2D eigenvalue weighted by Crippen LogP contribution is -2.32. The normalized spacial score (nSPS) is 24.4. The highest BCUT2D eigenvalue weighted by Gasteiger charge is 2.35. The number of carboxylic acids is 1. The number of nitrogens with zero attached hydrogens (tertiary/aromatic N) is 1. The average molecular weight is 312 g/mol. The van der Waals surface area contributed by atoms with Crippen LogP contribution in [0.5, 0.6) is 0 Å². The average Bonchev–Trinajstić information content (AvgIpc) is 2.66. The second kappa shape index (κ2) is 5.41. The van der Waals surface area contributed by atoms with E-state index < -0.39 is 5.97 Å². The molecule has 2 atom stereocenters. The third kappa shape index (κ3) is 2.75. The highest BCUT2D eigenvalue weighted by Crippen LogP contribution is 2.27. The van der Waals surface area contributed by atoms with E-state index >= 15 is 0 Å². The number of aliphatic carboxylic acids is 1. The van der Waals surface area contributed by atoms with Crippen molar-refractivity contribution in [1.82, 2.24) is 4.90 Å². The van der Waals surface area contributed by atoms with Crippen molar-refractivity contribution < 1.29 is 9.90 Å². The van der Waals surface area contributed by atoms with E-state index in [1.165, 1.54) is 11.1 Å². The van der Waals surface area contributed by atoms with Gasteiger partial charge in [-0.2, -0.15) is 0 Å². The number of hydrogen-bond donors (Lipinski definition) is 1. The highest BCUT2D eigenvalue weighted by molar-refractivity contribution is 9.10. The molecule has 1 fully saturated rings. The minimum Gasteiger partial charge on any atom is -0.481 e. The van der Waals surface area contributed by atoms with Crippen LogP contribution in [0.3, 0.4) is 0 Å². The SMILES string of the molecule is Cc1ccc(CN2CCC(C(=O)O)C2C)cc1Br. The molecule has 2 rings (SSSR count).